The highest BCUT2D eigenvalue weighted by Gasteiger charge is 2.47. The van der Waals surface area contributed by atoms with Gasteiger partial charge in [-0.05, 0) is 54.4 Å². The average molecular weight is 461 g/mol. The van der Waals surface area contributed by atoms with Gasteiger partial charge in [-0.1, -0.05) is 30.3 Å². The highest BCUT2D eigenvalue weighted by molar-refractivity contribution is 6.51. The predicted octanol–water partition coefficient (Wildman–Crippen LogP) is 4.84. The number of hydrogen-bond acceptors (Lipinski definition) is 5. The molecule has 34 heavy (non-hydrogen) atoms. The van der Waals surface area contributed by atoms with E-state index in [2.05, 4.69) is 0 Å². The zero-order chi connectivity index (χ0) is 24.6. The SMILES string of the molecule is COc1ccc(F)cc1/C(O)=C1\C(=O)C(=O)N(c2ccccc2C)C1c1ccc(N(C)C)cc1. The van der Waals surface area contributed by atoms with Gasteiger partial charge in [0.25, 0.3) is 11.7 Å². The lowest BCUT2D eigenvalue weighted by Gasteiger charge is -2.27. The number of anilines is 2. The molecule has 0 aliphatic carbocycles. The standard InChI is InChI=1S/C27H25FN2O4/c1-16-7-5-6-8-21(16)30-24(17-9-12-19(13-10-17)29(2)3)23(26(32)27(30)33)25(31)20-15-18(28)11-14-22(20)34-4/h5-15,24,31H,1-4H3/b25-23+. The number of aliphatic hydroxyl groups is 1. The Morgan fingerprint density at radius 3 is 2.32 bits per heavy atom. The van der Waals surface area contributed by atoms with Crippen molar-refractivity contribution in [3.8, 4) is 5.75 Å². The van der Waals surface area contributed by atoms with E-state index in [1.165, 1.54) is 24.1 Å². The number of aliphatic hydroxyl groups excluding tert-OH is 1. The third-order valence-electron chi connectivity index (χ3n) is 5.96. The molecule has 0 saturated carbocycles. The second kappa shape index (κ2) is 9.02. The van der Waals surface area contributed by atoms with E-state index in [1.54, 1.807) is 12.1 Å². The summed E-state index contributed by atoms with van der Waals surface area (Å²) in [6.07, 6.45) is 0. The molecule has 3 aromatic rings. The van der Waals surface area contributed by atoms with Crippen molar-refractivity contribution in [1.29, 1.82) is 0 Å². The van der Waals surface area contributed by atoms with E-state index in [0.717, 1.165) is 17.3 Å². The van der Waals surface area contributed by atoms with Gasteiger partial charge in [0, 0.05) is 25.5 Å². The molecule has 1 N–H and O–H groups in total. The maximum Gasteiger partial charge on any atom is 0.300 e. The van der Waals surface area contributed by atoms with Crippen molar-refractivity contribution in [3.63, 3.8) is 0 Å². The Kier molecular flexibility index (Phi) is 6.11. The summed E-state index contributed by atoms with van der Waals surface area (Å²) in [5, 5.41) is 11.3. The van der Waals surface area contributed by atoms with Crippen molar-refractivity contribution < 1.29 is 23.8 Å². The molecule has 0 aromatic heterocycles. The summed E-state index contributed by atoms with van der Waals surface area (Å²) in [5.74, 6) is -2.54. The van der Waals surface area contributed by atoms with Crippen molar-refractivity contribution in [2.24, 2.45) is 0 Å². The van der Waals surface area contributed by atoms with Crippen molar-refractivity contribution in [2.75, 3.05) is 31.0 Å². The zero-order valence-corrected chi connectivity index (χ0v) is 19.4. The number of halogens is 1. The van der Waals surface area contributed by atoms with E-state index in [-0.39, 0.29) is 16.9 Å². The number of para-hydroxylation sites is 1. The van der Waals surface area contributed by atoms with Crippen LogP contribution >= 0.6 is 0 Å². The second-order valence-electron chi connectivity index (χ2n) is 8.29. The molecule has 1 atom stereocenters. The number of ether oxygens (including phenoxy) is 1. The number of aryl methyl sites for hydroxylation is 1. The van der Waals surface area contributed by atoms with Crippen molar-refractivity contribution in [1.82, 2.24) is 0 Å². The van der Waals surface area contributed by atoms with E-state index in [4.69, 9.17) is 4.74 Å². The number of carbonyl (C=O) groups is 2. The minimum absolute atomic E-state index is 0.000181. The molecule has 6 nitrogen and oxygen atoms in total. The van der Waals surface area contributed by atoms with Crippen molar-refractivity contribution in [3.05, 3.63) is 94.8 Å². The number of nitrogens with zero attached hydrogens (tertiary/aromatic N) is 2. The fraction of sp³-hybridized carbons (Fsp3) is 0.185. The maximum absolute atomic E-state index is 14.1. The molecule has 7 heteroatoms. The van der Waals surface area contributed by atoms with Gasteiger partial charge in [-0.3, -0.25) is 14.5 Å². The molecule has 1 unspecified atom stereocenters. The molecule has 1 saturated heterocycles. The number of methoxy groups -OCH3 is 1. The monoisotopic (exact) mass is 460 g/mol. The van der Waals surface area contributed by atoms with Crippen LogP contribution in [0.25, 0.3) is 5.76 Å². The van der Waals surface area contributed by atoms with E-state index in [0.29, 0.717) is 11.3 Å². The maximum atomic E-state index is 14.1. The second-order valence-corrected chi connectivity index (χ2v) is 8.29. The molecule has 1 fully saturated rings. The Balaban J connectivity index is 1.99. The Hall–Kier alpha value is -4.13. The number of amides is 1. The Morgan fingerprint density at radius 2 is 1.71 bits per heavy atom. The first kappa shape index (κ1) is 23.0. The van der Waals surface area contributed by atoms with Gasteiger partial charge >= 0.3 is 0 Å². The van der Waals surface area contributed by atoms with E-state index in [9.17, 15) is 19.1 Å². The first-order valence-corrected chi connectivity index (χ1v) is 10.7. The van der Waals surface area contributed by atoms with E-state index >= 15 is 0 Å². The van der Waals surface area contributed by atoms with Crippen LogP contribution in [-0.4, -0.2) is 38.0 Å². The Labute approximate surface area is 197 Å². The minimum atomic E-state index is -0.912. The van der Waals surface area contributed by atoms with Crippen LogP contribution < -0.4 is 14.5 Å². The molecule has 1 aliphatic heterocycles. The summed E-state index contributed by atoms with van der Waals surface area (Å²) in [4.78, 5) is 29.9. The summed E-state index contributed by atoms with van der Waals surface area (Å²) in [7, 11) is 5.20. The average Bonchev–Trinajstić information content (AvgIpc) is 3.09. The number of benzene rings is 3. The Morgan fingerprint density at radius 1 is 1.03 bits per heavy atom. The quantitative estimate of drug-likeness (QED) is 0.335. The van der Waals surface area contributed by atoms with Gasteiger partial charge in [0.2, 0.25) is 0 Å². The molecule has 3 aromatic carbocycles. The van der Waals surface area contributed by atoms with Gasteiger partial charge in [0.1, 0.15) is 17.3 Å². The predicted molar refractivity (Wildman–Crippen MR) is 130 cm³/mol. The topological polar surface area (TPSA) is 70.1 Å². The van der Waals surface area contributed by atoms with Crippen molar-refractivity contribution >= 4 is 28.8 Å². The van der Waals surface area contributed by atoms with Gasteiger partial charge in [-0.2, -0.15) is 0 Å². The molecule has 4 rings (SSSR count). The van der Waals surface area contributed by atoms with Gasteiger partial charge in [-0.25, -0.2) is 4.39 Å². The number of Topliss-reactive ketones (excluding diaryl/α,β-unsaturated/α-hetero) is 1. The van der Waals surface area contributed by atoms with Crippen LogP contribution in [0.15, 0.2) is 72.3 Å². The van der Waals surface area contributed by atoms with Crippen LogP contribution in [-0.2, 0) is 9.59 Å². The van der Waals surface area contributed by atoms with Gasteiger partial charge in [0.15, 0.2) is 0 Å². The van der Waals surface area contributed by atoms with Crippen LogP contribution in [0.4, 0.5) is 15.8 Å². The third-order valence-corrected chi connectivity index (χ3v) is 5.96. The summed E-state index contributed by atoms with van der Waals surface area (Å²) >= 11 is 0. The highest BCUT2D eigenvalue weighted by Crippen LogP contribution is 2.44. The zero-order valence-electron chi connectivity index (χ0n) is 19.4. The number of ketones is 1. The first-order chi connectivity index (χ1) is 16.2. The van der Waals surface area contributed by atoms with Crippen LogP contribution in [0, 0.1) is 12.7 Å². The van der Waals surface area contributed by atoms with Gasteiger partial charge in [0.05, 0.1) is 24.3 Å². The fourth-order valence-corrected chi connectivity index (χ4v) is 4.20. The van der Waals surface area contributed by atoms with Crippen LogP contribution in [0.1, 0.15) is 22.7 Å². The summed E-state index contributed by atoms with van der Waals surface area (Å²) in [6.45, 7) is 1.84. The number of carbonyl (C=O) groups excluding carboxylic acids is 2. The first-order valence-electron chi connectivity index (χ1n) is 10.7. The molecular weight excluding hydrogens is 435 g/mol. The lowest BCUT2D eigenvalue weighted by atomic mass is 9.94. The molecule has 0 spiro atoms. The summed E-state index contributed by atoms with van der Waals surface area (Å²) in [6, 6.07) is 17.3. The highest BCUT2D eigenvalue weighted by atomic mass is 19.1. The van der Waals surface area contributed by atoms with Crippen LogP contribution in [0.2, 0.25) is 0 Å². The molecular formula is C27H25FN2O4. The minimum Gasteiger partial charge on any atom is -0.507 e. The normalized spacial score (nSPS) is 17.2. The number of rotatable bonds is 5. The summed E-state index contributed by atoms with van der Waals surface area (Å²) in [5.41, 5.74) is 2.78. The lowest BCUT2D eigenvalue weighted by Crippen LogP contribution is -2.30. The van der Waals surface area contributed by atoms with Crippen LogP contribution in [0.3, 0.4) is 0 Å². The van der Waals surface area contributed by atoms with Gasteiger partial charge in [-0.15, -0.1) is 0 Å². The lowest BCUT2D eigenvalue weighted by molar-refractivity contribution is -0.132. The van der Waals surface area contributed by atoms with Crippen LogP contribution in [0.5, 0.6) is 5.75 Å². The molecule has 1 heterocycles. The van der Waals surface area contributed by atoms with E-state index in [1.807, 2.05) is 62.3 Å². The van der Waals surface area contributed by atoms with E-state index < -0.39 is 29.3 Å². The number of hydrogen-bond donors (Lipinski definition) is 1. The summed E-state index contributed by atoms with van der Waals surface area (Å²) < 4.78 is 19.4. The molecule has 174 valence electrons. The fourth-order valence-electron chi connectivity index (χ4n) is 4.20. The molecule has 1 aliphatic rings. The third kappa shape index (κ3) is 3.90. The largest absolute Gasteiger partial charge is 0.507 e. The van der Waals surface area contributed by atoms with Crippen molar-refractivity contribution in [2.45, 2.75) is 13.0 Å². The molecule has 0 radical (unpaired) electrons. The molecule has 0 bridgehead atoms. The molecule has 1 amide bonds. The van der Waals surface area contributed by atoms with Gasteiger partial charge < -0.3 is 14.7 Å². The smallest absolute Gasteiger partial charge is 0.300 e. The Bertz CT molecular complexity index is 1300.